The number of anilines is 2. The molecule has 0 aliphatic heterocycles. The van der Waals surface area contributed by atoms with Gasteiger partial charge < -0.3 is 25.8 Å². The van der Waals surface area contributed by atoms with Gasteiger partial charge in [0.25, 0.3) is 11.5 Å². The topological polar surface area (TPSA) is 181 Å². The lowest BCUT2D eigenvalue weighted by atomic mass is 10.0. The highest BCUT2D eigenvalue weighted by Crippen LogP contribution is 2.22. The Balaban J connectivity index is 1.92. The summed E-state index contributed by atoms with van der Waals surface area (Å²) in [7, 11) is 1.31. The largest absolute Gasteiger partial charge is 0.366 e. The first-order chi connectivity index (χ1) is 17.8. The van der Waals surface area contributed by atoms with Gasteiger partial charge in [-0.1, -0.05) is 30.3 Å². The summed E-state index contributed by atoms with van der Waals surface area (Å²) in [6.45, 7) is 1.80. The van der Waals surface area contributed by atoms with Crippen molar-refractivity contribution in [3.63, 3.8) is 0 Å². The minimum absolute atomic E-state index is 0.0381. The van der Waals surface area contributed by atoms with Crippen LogP contribution in [-0.2, 0) is 14.3 Å². The Bertz CT molecular complexity index is 1330. The number of rotatable bonds is 11. The Labute approximate surface area is 212 Å². The maximum Gasteiger partial charge on any atom is 0.276 e. The molecule has 194 valence electrons. The third-order valence-electron chi connectivity index (χ3n) is 5.34. The SMILES string of the molecule is CCOC(C(=O)NC(OC)c1ccc(C(=N)NO)cc1C(N)=O)n1cccc(Nc2ccccc2)c1=O. The molecule has 2 aromatic carbocycles. The number of hydroxylamine groups is 1. The number of nitrogens with one attached hydrogen (secondary N) is 4. The number of nitrogens with two attached hydrogens (primary N) is 1. The first kappa shape index (κ1) is 27.1. The van der Waals surface area contributed by atoms with E-state index in [-0.39, 0.29) is 34.8 Å². The summed E-state index contributed by atoms with van der Waals surface area (Å²) in [6.07, 6.45) is -1.07. The average Bonchev–Trinajstić information content (AvgIpc) is 2.91. The second-order valence-corrected chi connectivity index (χ2v) is 7.71. The van der Waals surface area contributed by atoms with Crippen LogP contribution in [0, 0.1) is 5.41 Å². The third-order valence-corrected chi connectivity index (χ3v) is 5.34. The molecule has 0 saturated heterocycles. The van der Waals surface area contributed by atoms with Crippen molar-refractivity contribution in [2.24, 2.45) is 5.73 Å². The number of benzene rings is 2. The van der Waals surface area contributed by atoms with Crippen molar-refractivity contribution in [3.05, 3.63) is 93.9 Å². The monoisotopic (exact) mass is 508 g/mol. The molecule has 0 bridgehead atoms. The lowest BCUT2D eigenvalue weighted by molar-refractivity contribution is -0.143. The lowest BCUT2D eigenvalue weighted by Gasteiger charge is -2.25. The molecule has 37 heavy (non-hydrogen) atoms. The van der Waals surface area contributed by atoms with Crippen molar-refractivity contribution >= 4 is 29.0 Å². The first-order valence-corrected chi connectivity index (χ1v) is 11.2. The fourth-order valence-corrected chi connectivity index (χ4v) is 3.59. The number of carbonyl (C=O) groups is 2. The zero-order chi connectivity index (χ0) is 26.9. The van der Waals surface area contributed by atoms with Gasteiger partial charge in [-0.25, -0.2) is 0 Å². The van der Waals surface area contributed by atoms with Crippen LogP contribution in [0.3, 0.4) is 0 Å². The summed E-state index contributed by atoms with van der Waals surface area (Å²) in [5, 5.41) is 22.3. The number of amides is 2. The number of para-hydroxylation sites is 1. The summed E-state index contributed by atoms with van der Waals surface area (Å²) < 4.78 is 12.2. The van der Waals surface area contributed by atoms with Crippen molar-refractivity contribution in [2.45, 2.75) is 19.4 Å². The Morgan fingerprint density at radius 3 is 2.49 bits per heavy atom. The Hall–Kier alpha value is -4.52. The standard InChI is InChI=1S/C25H28N6O6/c1-3-37-25(31-13-7-10-19(24(31)34)28-16-8-5-4-6-9-16)22(33)29-23(36-2)17-12-11-15(20(26)30-35)14-18(17)21(27)32/h4-14,23,25,28,35H,3H2,1-2H3,(H2,26,30)(H2,27,32)(H,29,33). The van der Waals surface area contributed by atoms with Crippen LogP contribution in [0.4, 0.5) is 11.4 Å². The van der Waals surface area contributed by atoms with Crippen LogP contribution in [0.2, 0.25) is 0 Å². The van der Waals surface area contributed by atoms with Gasteiger partial charge in [-0.2, -0.15) is 0 Å². The predicted octanol–water partition coefficient (Wildman–Crippen LogP) is 1.99. The Morgan fingerprint density at radius 2 is 1.86 bits per heavy atom. The molecule has 0 radical (unpaired) electrons. The van der Waals surface area contributed by atoms with E-state index in [4.69, 9.17) is 25.8 Å². The number of methoxy groups -OCH3 is 1. The van der Waals surface area contributed by atoms with Crippen molar-refractivity contribution in [1.29, 1.82) is 5.41 Å². The number of hydrogen-bond donors (Lipinski definition) is 6. The van der Waals surface area contributed by atoms with Crippen LogP contribution >= 0.6 is 0 Å². The fourth-order valence-electron chi connectivity index (χ4n) is 3.59. The fraction of sp³-hybridized carbons (Fsp3) is 0.200. The summed E-state index contributed by atoms with van der Waals surface area (Å²) in [5.74, 6) is -1.90. The maximum absolute atomic E-state index is 13.3. The Morgan fingerprint density at radius 1 is 1.14 bits per heavy atom. The molecule has 1 heterocycles. The van der Waals surface area contributed by atoms with Gasteiger partial charge in [-0.3, -0.25) is 35.0 Å². The van der Waals surface area contributed by atoms with Crippen molar-refractivity contribution < 1.29 is 24.3 Å². The first-order valence-electron chi connectivity index (χ1n) is 11.2. The van der Waals surface area contributed by atoms with Crippen molar-refractivity contribution in [1.82, 2.24) is 15.4 Å². The number of amidine groups is 1. The van der Waals surface area contributed by atoms with Gasteiger partial charge >= 0.3 is 0 Å². The summed E-state index contributed by atoms with van der Waals surface area (Å²) in [6, 6.07) is 16.4. The predicted molar refractivity (Wildman–Crippen MR) is 136 cm³/mol. The van der Waals surface area contributed by atoms with E-state index in [9.17, 15) is 14.4 Å². The van der Waals surface area contributed by atoms with E-state index in [1.807, 2.05) is 18.2 Å². The zero-order valence-corrected chi connectivity index (χ0v) is 20.2. The molecule has 0 aliphatic rings. The quantitative estimate of drug-likeness (QED) is 0.0984. The minimum atomic E-state index is -1.35. The summed E-state index contributed by atoms with van der Waals surface area (Å²) >= 11 is 0. The Kier molecular flexibility index (Phi) is 9.11. The molecular weight excluding hydrogens is 480 g/mol. The van der Waals surface area contributed by atoms with E-state index in [2.05, 4.69) is 10.6 Å². The van der Waals surface area contributed by atoms with Crippen LogP contribution in [-0.4, -0.2) is 41.1 Å². The number of primary amides is 1. The molecule has 2 amide bonds. The van der Waals surface area contributed by atoms with Gasteiger partial charge in [-0.15, -0.1) is 0 Å². The van der Waals surface area contributed by atoms with Crippen LogP contribution < -0.4 is 27.4 Å². The van der Waals surface area contributed by atoms with Crippen LogP contribution in [0.25, 0.3) is 0 Å². The molecule has 3 rings (SSSR count). The van der Waals surface area contributed by atoms with Crippen LogP contribution in [0.5, 0.6) is 0 Å². The number of pyridine rings is 1. The second kappa shape index (κ2) is 12.4. The highest BCUT2D eigenvalue weighted by atomic mass is 16.5. The smallest absolute Gasteiger partial charge is 0.276 e. The number of hydrogen-bond acceptors (Lipinski definition) is 8. The highest BCUT2D eigenvalue weighted by molar-refractivity contribution is 6.00. The van der Waals surface area contributed by atoms with Gasteiger partial charge in [0.05, 0.1) is 0 Å². The van der Waals surface area contributed by atoms with Gasteiger partial charge in [0.15, 0.2) is 6.23 Å². The maximum atomic E-state index is 13.3. The molecule has 12 nitrogen and oxygen atoms in total. The van der Waals surface area contributed by atoms with Crippen molar-refractivity contribution in [2.75, 3.05) is 19.0 Å². The lowest BCUT2D eigenvalue weighted by Crippen LogP contribution is -2.41. The minimum Gasteiger partial charge on any atom is -0.366 e. The second-order valence-electron chi connectivity index (χ2n) is 7.71. The molecule has 7 N–H and O–H groups in total. The van der Waals surface area contributed by atoms with Gasteiger partial charge in [0, 0.05) is 42.3 Å². The van der Waals surface area contributed by atoms with Crippen LogP contribution in [0.15, 0.2) is 71.7 Å². The summed E-state index contributed by atoms with van der Waals surface area (Å²) in [5.41, 5.74) is 7.99. The van der Waals surface area contributed by atoms with Crippen LogP contribution in [0.1, 0.15) is 40.9 Å². The molecule has 0 spiro atoms. The van der Waals surface area contributed by atoms with E-state index < -0.39 is 29.8 Å². The molecule has 0 aliphatic carbocycles. The zero-order valence-electron chi connectivity index (χ0n) is 20.2. The molecule has 12 heteroatoms. The number of carbonyl (C=O) groups excluding carboxylic acids is 2. The highest BCUT2D eigenvalue weighted by Gasteiger charge is 2.28. The normalized spacial score (nSPS) is 12.3. The average molecular weight is 509 g/mol. The molecule has 2 atom stereocenters. The van der Waals surface area contributed by atoms with Crippen molar-refractivity contribution in [3.8, 4) is 0 Å². The van der Waals surface area contributed by atoms with E-state index in [1.165, 1.54) is 31.5 Å². The van der Waals surface area contributed by atoms with Gasteiger partial charge in [-0.05, 0) is 37.3 Å². The van der Waals surface area contributed by atoms with Gasteiger partial charge in [0.2, 0.25) is 12.1 Å². The molecular formula is C25H28N6O6. The number of nitrogens with zero attached hydrogens (tertiary/aromatic N) is 1. The van der Waals surface area contributed by atoms with Gasteiger partial charge in [0.1, 0.15) is 11.5 Å². The molecule has 2 unspecified atom stereocenters. The number of aromatic nitrogens is 1. The molecule has 0 saturated carbocycles. The third kappa shape index (κ3) is 6.38. The summed E-state index contributed by atoms with van der Waals surface area (Å²) in [4.78, 5) is 38.6. The van der Waals surface area contributed by atoms with E-state index in [1.54, 1.807) is 36.7 Å². The molecule has 0 fully saturated rings. The molecule has 3 aromatic rings. The van der Waals surface area contributed by atoms with E-state index in [0.29, 0.717) is 5.69 Å². The van der Waals surface area contributed by atoms with E-state index >= 15 is 0 Å². The van der Waals surface area contributed by atoms with E-state index in [0.717, 1.165) is 4.57 Å². The number of ether oxygens (including phenoxy) is 2. The molecule has 1 aromatic heterocycles.